The number of hydrogen-bond donors (Lipinski definition) is 2. The van der Waals surface area contributed by atoms with E-state index in [4.69, 9.17) is 10.4 Å². The minimum absolute atomic E-state index is 0.0257. The number of nitrogens with one attached hydrogen (secondary N) is 1. The van der Waals surface area contributed by atoms with Crippen LogP contribution in [0.5, 0.6) is 0 Å². The predicted octanol–water partition coefficient (Wildman–Crippen LogP) is 1.55. The number of carbonyl (C=O) groups is 2. The normalized spacial score (nSPS) is 18.2. The van der Waals surface area contributed by atoms with Gasteiger partial charge in [-0.3, -0.25) is 14.9 Å². The molecule has 1 aliphatic heterocycles. The second-order valence-electron chi connectivity index (χ2n) is 4.62. The highest BCUT2D eigenvalue weighted by Crippen LogP contribution is 2.27. The largest absolute Gasteiger partial charge is 0.481 e. The van der Waals surface area contributed by atoms with E-state index in [1.165, 1.54) is 16.7 Å². The van der Waals surface area contributed by atoms with E-state index < -0.39 is 11.9 Å². The van der Waals surface area contributed by atoms with Gasteiger partial charge in [-0.25, -0.2) is 4.99 Å². The van der Waals surface area contributed by atoms with Gasteiger partial charge >= 0.3 is 5.97 Å². The number of aliphatic imine (C=N–C) groups is 1. The Balaban J connectivity index is 2.14. The summed E-state index contributed by atoms with van der Waals surface area (Å²) in [5.41, 5.74) is 1.28. The standard InChI is InChI=1S/C14H14N4O3S/c1-22-14(16-8-15)17-10-2-4-11(5-3-10)18-7-9(13(20)21)6-12(18)19/h2-5,9H,6-7H2,1H3,(H,16,17)(H,20,21). The van der Waals surface area contributed by atoms with Crippen LogP contribution in [0.3, 0.4) is 0 Å². The van der Waals surface area contributed by atoms with Crippen LogP contribution in [0, 0.1) is 17.4 Å². The molecule has 1 saturated heterocycles. The van der Waals surface area contributed by atoms with E-state index in [1.54, 1.807) is 36.7 Å². The molecule has 1 aliphatic rings. The Kier molecular flexibility index (Phi) is 5.01. The van der Waals surface area contributed by atoms with Crippen LogP contribution in [0.15, 0.2) is 29.3 Å². The fourth-order valence-electron chi connectivity index (χ4n) is 2.12. The maximum atomic E-state index is 11.9. The van der Waals surface area contributed by atoms with Gasteiger partial charge in [0.1, 0.15) is 0 Å². The summed E-state index contributed by atoms with van der Waals surface area (Å²) in [6.45, 7) is 0.183. The lowest BCUT2D eigenvalue weighted by molar-refractivity contribution is -0.141. The number of carboxylic acid groups (broad SMARTS) is 1. The molecule has 2 rings (SSSR count). The molecule has 0 radical (unpaired) electrons. The first-order chi connectivity index (χ1) is 10.5. The number of thioether (sulfide) groups is 1. The first kappa shape index (κ1) is 15.9. The molecule has 8 heteroatoms. The fourth-order valence-corrected chi connectivity index (χ4v) is 2.46. The molecule has 1 aromatic rings. The van der Waals surface area contributed by atoms with Crippen LogP contribution in [-0.4, -0.2) is 35.0 Å². The van der Waals surface area contributed by atoms with Crippen LogP contribution in [0.4, 0.5) is 11.4 Å². The van der Waals surface area contributed by atoms with Crippen LogP contribution in [-0.2, 0) is 9.59 Å². The number of nitrogens with zero attached hydrogens (tertiary/aromatic N) is 3. The van der Waals surface area contributed by atoms with Gasteiger partial charge in [0.2, 0.25) is 5.91 Å². The van der Waals surface area contributed by atoms with Gasteiger partial charge in [-0.1, -0.05) is 11.8 Å². The van der Waals surface area contributed by atoms with Gasteiger partial charge in [-0.2, -0.15) is 5.26 Å². The number of hydrogen-bond acceptors (Lipinski definition) is 5. The first-order valence-corrected chi connectivity index (χ1v) is 7.68. The van der Waals surface area contributed by atoms with E-state index in [2.05, 4.69) is 10.3 Å². The molecule has 0 spiro atoms. The third kappa shape index (κ3) is 3.56. The van der Waals surface area contributed by atoms with Crippen molar-refractivity contribution in [3.63, 3.8) is 0 Å². The molecule has 22 heavy (non-hydrogen) atoms. The molecular weight excluding hydrogens is 304 g/mol. The van der Waals surface area contributed by atoms with Gasteiger partial charge < -0.3 is 10.0 Å². The van der Waals surface area contributed by atoms with Crippen molar-refractivity contribution in [3.05, 3.63) is 24.3 Å². The molecule has 1 unspecified atom stereocenters. The van der Waals surface area contributed by atoms with Gasteiger partial charge in [0.25, 0.3) is 0 Å². The van der Waals surface area contributed by atoms with Crippen LogP contribution >= 0.6 is 11.8 Å². The number of anilines is 1. The van der Waals surface area contributed by atoms with Gasteiger partial charge in [-0.15, -0.1) is 0 Å². The lowest BCUT2D eigenvalue weighted by atomic mass is 10.1. The lowest BCUT2D eigenvalue weighted by Gasteiger charge is -2.16. The minimum Gasteiger partial charge on any atom is -0.481 e. The lowest BCUT2D eigenvalue weighted by Crippen LogP contribution is -2.25. The smallest absolute Gasteiger partial charge is 0.308 e. The van der Waals surface area contributed by atoms with Crippen molar-refractivity contribution in [2.75, 3.05) is 17.7 Å². The zero-order valence-corrected chi connectivity index (χ0v) is 12.6. The Bertz CT molecular complexity index is 651. The number of carboxylic acids is 1. The van der Waals surface area contributed by atoms with Crippen LogP contribution < -0.4 is 10.2 Å². The van der Waals surface area contributed by atoms with Crippen LogP contribution in [0.25, 0.3) is 0 Å². The van der Waals surface area contributed by atoms with Crippen molar-refractivity contribution in [2.45, 2.75) is 6.42 Å². The summed E-state index contributed by atoms with van der Waals surface area (Å²) in [5.74, 6) is -1.81. The molecule has 7 nitrogen and oxygen atoms in total. The third-order valence-corrected chi connectivity index (χ3v) is 3.80. The molecule has 2 N–H and O–H groups in total. The molecular formula is C14H14N4O3S. The summed E-state index contributed by atoms with van der Waals surface area (Å²) in [7, 11) is 0. The highest BCUT2D eigenvalue weighted by molar-refractivity contribution is 8.13. The quantitative estimate of drug-likeness (QED) is 0.379. The van der Waals surface area contributed by atoms with Crippen LogP contribution in [0.2, 0.25) is 0 Å². The van der Waals surface area contributed by atoms with Crippen molar-refractivity contribution >= 4 is 40.2 Å². The van der Waals surface area contributed by atoms with Crippen molar-refractivity contribution in [3.8, 4) is 6.19 Å². The molecule has 1 aromatic carbocycles. The van der Waals surface area contributed by atoms with Crippen molar-refractivity contribution in [2.24, 2.45) is 10.9 Å². The van der Waals surface area contributed by atoms with E-state index in [0.29, 0.717) is 16.5 Å². The molecule has 1 fully saturated rings. The number of benzene rings is 1. The van der Waals surface area contributed by atoms with Crippen molar-refractivity contribution in [1.82, 2.24) is 5.32 Å². The van der Waals surface area contributed by atoms with E-state index >= 15 is 0 Å². The molecule has 1 atom stereocenters. The summed E-state index contributed by atoms with van der Waals surface area (Å²) in [4.78, 5) is 28.5. The number of aliphatic carboxylic acids is 1. The second kappa shape index (κ2) is 6.95. The average Bonchev–Trinajstić information content (AvgIpc) is 2.90. The van der Waals surface area contributed by atoms with Crippen LogP contribution in [0.1, 0.15) is 6.42 Å². The maximum absolute atomic E-state index is 11.9. The summed E-state index contributed by atoms with van der Waals surface area (Å²) < 4.78 is 0. The number of rotatable bonds is 3. The third-order valence-electron chi connectivity index (χ3n) is 3.22. The van der Waals surface area contributed by atoms with Crippen molar-refractivity contribution < 1.29 is 14.7 Å². The molecule has 1 heterocycles. The maximum Gasteiger partial charge on any atom is 0.308 e. The van der Waals surface area contributed by atoms with E-state index in [-0.39, 0.29) is 18.9 Å². The van der Waals surface area contributed by atoms with E-state index in [0.717, 1.165) is 0 Å². The van der Waals surface area contributed by atoms with Gasteiger partial charge in [0, 0.05) is 18.7 Å². The predicted molar refractivity (Wildman–Crippen MR) is 83.9 cm³/mol. The second-order valence-corrected chi connectivity index (χ2v) is 5.41. The zero-order chi connectivity index (χ0) is 16.1. The molecule has 0 bridgehead atoms. The Labute approximate surface area is 131 Å². The Morgan fingerprint density at radius 1 is 1.50 bits per heavy atom. The van der Waals surface area contributed by atoms with Crippen molar-refractivity contribution in [1.29, 1.82) is 5.26 Å². The monoisotopic (exact) mass is 318 g/mol. The molecule has 0 saturated carbocycles. The molecule has 114 valence electrons. The zero-order valence-electron chi connectivity index (χ0n) is 11.8. The number of nitriles is 1. The summed E-state index contributed by atoms with van der Waals surface area (Å²) >= 11 is 1.31. The van der Waals surface area contributed by atoms with Gasteiger partial charge in [-0.05, 0) is 30.5 Å². The van der Waals surface area contributed by atoms with Gasteiger partial charge in [0.05, 0.1) is 11.6 Å². The number of amides is 1. The number of amidine groups is 1. The summed E-state index contributed by atoms with van der Waals surface area (Å²) in [6, 6.07) is 6.86. The van der Waals surface area contributed by atoms with E-state index in [1.807, 2.05) is 0 Å². The molecule has 0 aromatic heterocycles. The highest BCUT2D eigenvalue weighted by Gasteiger charge is 2.34. The van der Waals surface area contributed by atoms with E-state index in [9.17, 15) is 9.59 Å². The highest BCUT2D eigenvalue weighted by atomic mass is 32.2. The topological polar surface area (TPSA) is 106 Å². The first-order valence-electron chi connectivity index (χ1n) is 6.46. The van der Waals surface area contributed by atoms with Gasteiger partial charge in [0.15, 0.2) is 11.4 Å². The minimum atomic E-state index is -0.954. The summed E-state index contributed by atoms with van der Waals surface area (Å²) in [5, 5.41) is 20.5. The average molecular weight is 318 g/mol. The Morgan fingerprint density at radius 2 is 2.18 bits per heavy atom. The fraction of sp³-hybridized carbons (Fsp3) is 0.286. The SMILES string of the molecule is CSC(=Nc1ccc(N2CC(C(=O)O)CC2=O)cc1)NC#N. The molecule has 0 aliphatic carbocycles. The Morgan fingerprint density at radius 3 is 2.68 bits per heavy atom. The summed E-state index contributed by atoms with van der Waals surface area (Å²) in [6.07, 6.45) is 3.63. The number of carbonyl (C=O) groups excluding carboxylic acids is 1. The molecule has 1 amide bonds. The Hall–Kier alpha value is -2.53.